The first-order chi connectivity index (χ1) is 8.83. The van der Waals surface area contributed by atoms with E-state index in [1.54, 1.807) is 11.8 Å². The zero-order valence-corrected chi connectivity index (χ0v) is 12.5. The Labute approximate surface area is 115 Å². The molecule has 0 aromatic carbocycles. The van der Waals surface area contributed by atoms with Crippen molar-refractivity contribution in [2.24, 2.45) is 0 Å². The highest BCUT2D eigenvalue weighted by Gasteiger charge is 2.33. The minimum Gasteiger partial charge on any atom is -0.465 e. The van der Waals surface area contributed by atoms with Crippen LogP contribution in [0.3, 0.4) is 0 Å². The van der Waals surface area contributed by atoms with Crippen LogP contribution in [0.25, 0.3) is 0 Å². The van der Waals surface area contributed by atoms with Crippen LogP contribution >= 0.6 is 0 Å². The number of rotatable bonds is 7. The lowest BCUT2D eigenvalue weighted by atomic mass is 10.1. The molecule has 0 spiro atoms. The number of nitrogens with one attached hydrogen (secondary N) is 1. The van der Waals surface area contributed by atoms with E-state index in [0.717, 1.165) is 12.8 Å². The number of amides is 1. The second-order valence-corrected chi connectivity index (χ2v) is 5.98. The third-order valence-electron chi connectivity index (χ3n) is 2.91. The highest BCUT2D eigenvalue weighted by molar-refractivity contribution is 5.82. The summed E-state index contributed by atoms with van der Waals surface area (Å²) < 4.78 is 4.91. The van der Waals surface area contributed by atoms with Gasteiger partial charge in [0, 0.05) is 24.5 Å². The molecular formula is C14H26N2O3. The van der Waals surface area contributed by atoms with Crippen LogP contribution in [-0.2, 0) is 14.3 Å². The smallest absolute Gasteiger partial charge is 0.325 e. The van der Waals surface area contributed by atoms with Gasteiger partial charge in [-0.2, -0.15) is 0 Å². The van der Waals surface area contributed by atoms with Crippen molar-refractivity contribution in [3.8, 4) is 0 Å². The van der Waals surface area contributed by atoms with Crippen LogP contribution in [-0.4, -0.2) is 48.1 Å². The van der Waals surface area contributed by atoms with Gasteiger partial charge in [0.2, 0.25) is 5.91 Å². The normalized spacial score (nSPS) is 15.2. The molecule has 1 amide bonds. The van der Waals surface area contributed by atoms with Crippen LogP contribution in [0.1, 0.15) is 47.0 Å². The molecular weight excluding hydrogens is 244 g/mol. The van der Waals surface area contributed by atoms with Crippen molar-refractivity contribution in [2.75, 3.05) is 19.7 Å². The third kappa shape index (κ3) is 6.57. The van der Waals surface area contributed by atoms with Crippen LogP contribution in [0.15, 0.2) is 0 Å². The van der Waals surface area contributed by atoms with Crippen molar-refractivity contribution in [3.05, 3.63) is 0 Å². The van der Waals surface area contributed by atoms with E-state index in [2.05, 4.69) is 26.1 Å². The molecule has 0 radical (unpaired) electrons. The molecule has 1 aliphatic carbocycles. The molecule has 5 nitrogen and oxygen atoms in total. The molecule has 1 fully saturated rings. The van der Waals surface area contributed by atoms with Gasteiger partial charge in [0.25, 0.3) is 0 Å². The van der Waals surface area contributed by atoms with Crippen molar-refractivity contribution >= 4 is 11.9 Å². The van der Waals surface area contributed by atoms with Crippen LogP contribution < -0.4 is 5.32 Å². The summed E-state index contributed by atoms with van der Waals surface area (Å²) >= 11 is 0. The molecule has 0 aromatic rings. The maximum atomic E-state index is 12.1. The highest BCUT2D eigenvalue weighted by atomic mass is 16.5. The predicted octanol–water partition coefficient (Wildman–Crippen LogP) is 1.32. The SMILES string of the molecule is CCOC(=O)CN(C(=O)CCNC(C)(C)C)C1CC1. The number of hydrogen-bond acceptors (Lipinski definition) is 4. The Morgan fingerprint density at radius 2 is 1.95 bits per heavy atom. The summed E-state index contributed by atoms with van der Waals surface area (Å²) in [7, 11) is 0. The molecule has 1 aliphatic rings. The summed E-state index contributed by atoms with van der Waals surface area (Å²) in [5.74, 6) is -0.279. The van der Waals surface area contributed by atoms with Gasteiger partial charge in [0.15, 0.2) is 0 Å². The van der Waals surface area contributed by atoms with Crippen LogP contribution in [0.5, 0.6) is 0 Å². The van der Waals surface area contributed by atoms with Gasteiger partial charge < -0.3 is 15.0 Å². The molecule has 19 heavy (non-hydrogen) atoms. The lowest BCUT2D eigenvalue weighted by Crippen LogP contribution is -2.42. The van der Waals surface area contributed by atoms with E-state index in [0.29, 0.717) is 19.6 Å². The van der Waals surface area contributed by atoms with E-state index in [-0.39, 0.29) is 30.0 Å². The molecule has 110 valence electrons. The van der Waals surface area contributed by atoms with Gasteiger partial charge in [-0.3, -0.25) is 9.59 Å². The Kier molecular flexibility index (Phi) is 5.79. The summed E-state index contributed by atoms with van der Waals surface area (Å²) in [6.07, 6.45) is 2.42. The lowest BCUT2D eigenvalue weighted by molar-refractivity contribution is -0.149. The first kappa shape index (κ1) is 16.0. The monoisotopic (exact) mass is 270 g/mol. The average molecular weight is 270 g/mol. The maximum Gasteiger partial charge on any atom is 0.325 e. The molecule has 1 N–H and O–H groups in total. The Bertz CT molecular complexity index is 319. The van der Waals surface area contributed by atoms with E-state index < -0.39 is 0 Å². The van der Waals surface area contributed by atoms with E-state index in [1.165, 1.54) is 0 Å². The first-order valence-electron chi connectivity index (χ1n) is 7.03. The largest absolute Gasteiger partial charge is 0.465 e. The Hall–Kier alpha value is -1.10. The number of carbonyl (C=O) groups is 2. The molecule has 0 aromatic heterocycles. The molecule has 0 heterocycles. The fraction of sp³-hybridized carbons (Fsp3) is 0.857. The Morgan fingerprint density at radius 1 is 1.32 bits per heavy atom. The second kappa shape index (κ2) is 6.89. The van der Waals surface area contributed by atoms with Crippen molar-refractivity contribution < 1.29 is 14.3 Å². The summed E-state index contributed by atoms with van der Waals surface area (Å²) in [6, 6.07) is 0.242. The van der Waals surface area contributed by atoms with Gasteiger partial charge >= 0.3 is 5.97 Å². The average Bonchev–Trinajstić information content (AvgIpc) is 3.08. The van der Waals surface area contributed by atoms with Crippen molar-refractivity contribution in [3.63, 3.8) is 0 Å². The number of esters is 1. The van der Waals surface area contributed by atoms with Gasteiger partial charge in [-0.15, -0.1) is 0 Å². The molecule has 1 saturated carbocycles. The molecule has 0 saturated heterocycles. The summed E-state index contributed by atoms with van der Waals surface area (Å²) in [6.45, 7) is 9.05. The topological polar surface area (TPSA) is 58.6 Å². The molecule has 5 heteroatoms. The molecule has 0 unspecified atom stereocenters. The Morgan fingerprint density at radius 3 is 2.42 bits per heavy atom. The van der Waals surface area contributed by atoms with Gasteiger partial charge in [-0.1, -0.05) is 0 Å². The first-order valence-corrected chi connectivity index (χ1v) is 7.03. The van der Waals surface area contributed by atoms with Gasteiger partial charge in [-0.25, -0.2) is 0 Å². The lowest BCUT2D eigenvalue weighted by Gasteiger charge is -2.24. The van der Waals surface area contributed by atoms with E-state index in [4.69, 9.17) is 4.74 Å². The minimum absolute atomic E-state index is 0.00579. The number of nitrogens with zero attached hydrogens (tertiary/aromatic N) is 1. The molecule has 1 rings (SSSR count). The zero-order chi connectivity index (χ0) is 14.5. The predicted molar refractivity (Wildman–Crippen MR) is 73.7 cm³/mol. The Balaban J connectivity index is 2.38. The van der Waals surface area contributed by atoms with Crippen molar-refractivity contribution in [1.29, 1.82) is 0 Å². The third-order valence-corrected chi connectivity index (χ3v) is 2.91. The van der Waals surface area contributed by atoms with E-state index in [9.17, 15) is 9.59 Å². The van der Waals surface area contributed by atoms with Crippen LogP contribution in [0.2, 0.25) is 0 Å². The van der Waals surface area contributed by atoms with Gasteiger partial charge in [-0.05, 0) is 40.5 Å². The quantitative estimate of drug-likeness (QED) is 0.709. The number of carbonyl (C=O) groups excluding carboxylic acids is 2. The van der Waals surface area contributed by atoms with Gasteiger partial charge in [0.1, 0.15) is 6.54 Å². The molecule has 0 atom stereocenters. The standard InChI is InChI=1S/C14H26N2O3/c1-5-19-13(18)10-16(11-6-7-11)12(17)8-9-15-14(2,3)4/h11,15H,5-10H2,1-4H3. The minimum atomic E-state index is -0.313. The van der Waals surface area contributed by atoms with Crippen molar-refractivity contribution in [1.82, 2.24) is 10.2 Å². The summed E-state index contributed by atoms with van der Waals surface area (Å²) in [5, 5.41) is 3.28. The van der Waals surface area contributed by atoms with Crippen LogP contribution in [0.4, 0.5) is 0 Å². The molecule has 0 bridgehead atoms. The number of ether oxygens (including phenoxy) is 1. The van der Waals surface area contributed by atoms with E-state index >= 15 is 0 Å². The highest BCUT2D eigenvalue weighted by Crippen LogP contribution is 2.27. The van der Waals surface area contributed by atoms with Crippen LogP contribution in [0, 0.1) is 0 Å². The molecule has 0 aliphatic heterocycles. The zero-order valence-electron chi connectivity index (χ0n) is 12.5. The van der Waals surface area contributed by atoms with Crippen molar-refractivity contribution in [2.45, 2.75) is 58.5 Å². The summed E-state index contributed by atoms with van der Waals surface area (Å²) in [4.78, 5) is 25.3. The maximum absolute atomic E-state index is 12.1. The fourth-order valence-electron chi connectivity index (χ4n) is 1.84. The number of hydrogen-bond donors (Lipinski definition) is 1. The fourth-order valence-corrected chi connectivity index (χ4v) is 1.84. The van der Waals surface area contributed by atoms with Gasteiger partial charge in [0.05, 0.1) is 6.61 Å². The van der Waals surface area contributed by atoms with E-state index in [1.807, 2.05) is 0 Å². The summed E-state index contributed by atoms with van der Waals surface area (Å²) in [5.41, 5.74) is 0.00579. The second-order valence-electron chi connectivity index (χ2n) is 5.98.